The summed E-state index contributed by atoms with van der Waals surface area (Å²) >= 11 is 0. The van der Waals surface area contributed by atoms with Gasteiger partial charge in [-0.1, -0.05) is 13.3 Å². The molecule has 0 aromatic carbocycles. The Morgan fingerprint density at radius 2 is 2.40 bits per heavy atom. The first-order chi connectivity index (χ1) is 7.26. The second-order valence-electron chi connectivity index (χ2n) is 3.73. The number of hydrogen-bond donors (Lipinski definition) is 1. The zero-order valence-electron chi connectivity index (χ0n) is 9.33. The summed E-state index contributed by atoms with van der Waals surface area (Å²) < 4.78 is 0. The fourth-order valence-corrected chi connectivity index (χ4v) is 1.47. The second kappa shape index (κ2) is 6.15. The van der Waals surface area contributed by atoms with Crippen molar-refractivity contribution in [2.45, 2.75) is 39.3 Å². The first-order valence-electron chi connectivity index (χ1n) is 5.34. The first-order valence-corrected chi connectivity index (χ1v) is 5.34. The third kappa shape index (κ3) is 4.09. The fraction of sp³-hybridized carbons (Fsp3) is 0.500. The lowest BCUT2D eigenvalue weighted by atomic mass is 10.1. The molecule has 1 unspecified atom stereocenters. The maximum absolute atomic E-state index is 8.69. The molecule has 0 aliphatic carbocycles. The van der Waals surface area contributed by atoms with Crippen molar-refractivity contribution < 1.29 is 0 Å². The lowest BCUT2D eigenvalue weighted by Crippen LogP contribution is -2.25. The number of aromatic nitrogens is 1. The van der Waals surface area contributed by atoms with E-state index in [0.717, 1.165) is 12.1 Å². The smallest absolute Gasteiger partial charge is 0.140 e. The van der Waals surface area contributed by atoms with Crippen LogP contribution in [0.5, 0.6) is 0 Å². The Kier molecular flexibility index (Phi) is 4.79. The van der Waals surface area contributed by atoms with Gasteiger partial charge in [-0.05, 0) is 31.0 Å². The summed E-state index contributed by atoms with van der Waals surface area (Å²) in [4.78, 5) is 3.93. The highest BCUT2D eigenvalue weighted by atomic mass is 14.9. The molecule has 0 radical (unpaired) electrons. The molecule has 0 saturated heterocycles. The molecule has 1 N–H and O–H groups in total. The van der Waals surface area contributed by atoms with Crippen LogP contribution in [-0.2, 0) is 6.54 Å². The number of nitriles is 1. The summed E-state index contributed by atoms with van der Waals surface area (Å²) in [5.41, 5.74) is 1.60. The molecule has 0 amide bonds. The Hall–Kier alpha value is -1.40. The molecule has 1 aromatic heterocycles. The molecule has 80 valence electrons. The predicted octanol–water partition coefficient (Wildman–Crippen LogP) is 2.23. The van der Waals surface area contributed by atoms with E-state index in [4.69, 9.17) is 5.26 Å². The van der Waals surface area contributed by atoms with Gasteiger partial charge in [0.15, 0.2) is 0 Å². The van der Waals surface area contributed by atoms with E-state index in [1.165, 1.54) is 12.8 Å². The molecule has 1 atom stereocenters. The van der Waals surface area contributed by atoms with Gasteiger partial charge in [0.25, 0.3) is 0 Å². The molecule has 0 bridgehead atoms. The summed E-state index contributed by atoms with van der Waals surface area (Å²) in [6, 6.07) is 6.33. The summed E-state index contributed by atoms with van der Waals surface area (Å²) in [5.74, 6) is 0. The molecule has 0 spiro atoms. The third-order valence-electron chi connectivity index (χ3n) is 2.32. The van der Waals surface area contributed by atoms with Crippen LogP contribution >= 0.6 is 0 Å². The van der Waals surface area contributed by atoms with E-state index in [1.54, 1.807) is 6.20 Å². The van der Waals surface area contributed by atoms with Crippen LogP contribution in [0.15, 0.2) is 18.3 Å². The summed E-state index contributed by atoms with van der Waals surface area (Å²) in [6.07, 6.45) is 4.05. The number of hydrogen-bond acceptors (Lipinski definition) is 3. The summed E-state index contributed by atoms with van der Waals surface area (Å²) in [7, 11) is 0. The van der Waals surface area contributed by atoms with Gasteiger partial charge in [0.05, 0.1) is 0 Å². The van der Waals surface area contributed by atoms with Crippen molar-refractivity contribution in [3.05, 3.63) is 29.6 Å². The van der Waals surface area contributed by atoms with Crippen molar-refractivity contribution in [2.75, 3.05) is 0 Å². The van der Waals surface area contributed by atoms with Crippen LogP contribution in [0, 0.1) is 11.3 Å². The minimum atomic E-state index is 0.484. The van der Waals surface area contributed by atoms with Gasteiger partial charge in [-0.25, -0.2) is 4.98 Å². The van der Waals surface area contributed by atoms with Crippen molar-refractivity contribution in [2.24, 2.45) is 0 Å². The Labute approximate surface area is 91.1 Å². The molecule has 15 heavy (non-hydrogen) atoms. The highest BCUT2D eigenvalue weighted by Gasteiger charge is 2.00. The zero-order valence-corrected chi connectivity index (χ0v) is 9.33. The van der Waals surface area contributed by atoms with E-state index in [1.807, 2.05) is 18.2 Å². The molecular weight excluding hydrogens is 186 g/mol. The molecule has 0 aliphatic heterocycles. The quantitative estimate of drug-likeness (QED) is 0.798. The number of rotatable bonds is 5. The van der Waals surface area contributed by atoms with Gasteiger partial charge in [0.2, 0.25) is 0 Å². The van der Waals surface area contributed by atoms with E-state index in [9.17, 15) is 0 Å². The van der Waals surface area contributed by atoms with Crippen LogP contribution < -0.4 is 5.32 Å². The van der Waals surface area contributed by atoms with Gasteiger partial charge in [-0.15, -0.1) is 0 Å². The molecule has 0 saturated carbocycles. The van der Waals surface area contributed by atoms with E-state index in [-0.39, 0.29) is 0 Å². The summed E-state index contributed by atoms with van der Waals surface area (Å²) in [6.45, 7) is 5.16. The van der Waals surface area contributed by atoms with Crippen molar-refractivity contribution >= 4 is 0 Å². The maximum atomic E-state index is 8.69. The van der Waals surface area contributed by atoms with Gasteiger partial charge in [-0.2, -0.15) is 5.26 Å². The van der Waals surface area contributed by atoms with Crippen LogP contribution in [0.4, 0.5) is 0 Å². The Morgan fingerprint density at radius 3 is 3.07 bits per heavy atom. The molecule has 0 aliphatic rings. The first kappa shape index (κ1) is 11.7. The van der Waals surface area contributed by atoms with Gasteiger partial charge < -0.3 is 5.32 Å². The highest BCUT2D eigenvalue weighted by Crippen LogP contribution is 2.02. The standard InChI is InChI=1S/C12H17N3/c1-3-4-10(2)15-9-11-5-6-14-12(7-11)8-13/h5-7,10,15H,3-4,9H2,1-2H3. The van der Waals surface area contributed by atoms with Gasteiger partial charge >= 0.3 is 0 Å². The van der Waals surface area contributed by atoms with Gasteiger partial charge in [0, 0.05) is 18.8 Å². The Morgan fingerprint density at radius 1 is 1.60 bits per heavy atom. The SMILES string of the molecule is CCCC(C)NCc1ccnc(C#N)c1. The molecule has 1 heterocycles. The predicted molar refractivity (Wildman–Crippen MR) is 60.2 cm³/mol. The molecule has 3 heteroatoms. The molecule has 3 nitrogen and oxygen atoms in total. The molecular formula is C12H17N3. The van der Waals surface area contributed by atoms with Crippen molar-refractivity contribution in [1.29, 1.82) is 5.26 Å². The van der Waals surface area contributed by atoms with Crippen molar-refractivity contribution in [3.8, 4) is 6.07 Å². The topological polar surface area (TPSA) is 48.7 Å². The number of nitrogens with one attached hydrogen (secondary N) is 1. The maximum Gasteiger partial charge on any atom is 0.140 e. The highest BCUT2D eigenvalue weighted by molar-refractivity contribution is 5.25. The Balaban J connectivity index is 2.47. The van der Waals surface area contributed by atoms with Crippen LogP contribution in [-0.4, -0.2) is 11.0 Å². The van der Waals surface area contributed by atoms with E-state index >= 15 is 0 Å². The van der Waals surface area contributed by atoms with Gasteiger partial charge in [0.1, 0.15) is 11.8 Å². The number of pyridine rings is 1. The van der Waals surface area contributed by atoms with E-state index in [2.05, 4.69) is 24.1 Å². The van der Waals surface area contributed by atoms with Gasteiger partial charge in [-0.3, -0.25) is 0 Å². The largest absolute Gasteiger partial charge is 0.310 e. The summed E-state index contributed by atoms with van der Waals surface area (Å²) in [5, 5.41) is 12.1. The van der Waals surface area contributed by atoms with E-state index < -0.39 is 0 Å². The third-order valence-corrected chi connectivity index (χ3v) is 2.32. The Bertz CT molecular complexity index is 341. The average molecular weight is 203 g/mol. The zero-order chi connectivity index (χ0) is 11.1. The minimum Gasteiger partial charge on any atom is -0.310 e. The van der Waals surface area contributed by atoms with Crippen LogP contribution in [0.1, 0.15) is 37.9 Å². The average Bonchev–Trinajstić information content (AvgIpc) is 2.27. The van der Waals surface area contributed by atoms with Crippen LogP contribution in [0.3, 0.4) is 0 Å². The molecule has 1 aromatic rings. The lowest BCUT2D eigenvalue weighted by Gasteiger charge is -2.12. The minimum absolute atomic E-state index is 0.484. The normalized spacial score (nSPS) is 12.1. The molecule has 0 fully saturated rings. The van der Waals surface area contributed by atoms with Crippen LogP contribution in [0.25, 0.3) is 0 Å². The second-order valence-corrected chi connectivity index (χ2v) is 3.73. The van der Waals surface area contributed by atoms with Crippen molar-refractivity contribution in [1.82, 2.24) is 10.3 Å². The monoisotopic (exact) mass is 203 g/mol. The molecule has 1 rings (SSSR count). The van der Waals surface area contributed by atoms with Crippen LogP contribution in [0.2, 0.25) is 0 Å². The van der Waals surface area contributed by atoms with E-state index in [0.29, 0.717) is 11.7 Å². The number of nitrogens with zero attached hydrogens (tertiary/aromatic N) is 2. The van der Waals surface area contributed by atoms with Crippen molar-refractivity contribution in [3.63, 3.8) is 0 Å². The lowest BCUT2D eigenvalue weighted by molar-refractivity contribution is 0.508. The fourth-order valence-electron chi connectivity index (χ4n) is 1.47.